The van der Waals surface area contributed by atoms with Crippen LogP contribution in [0.3, 0.4) is 0 Å². The predicted molar refractivity (Wildman–Crippen MR) is 139 cm³/mol. The van der Waals surface area contributed by atoms with E-state index >= 15 is 0 Å². The number of fused-ring (bicyclic) bond motifs is 3. The largest absolute Gasteiger partial charge is 0.491 e. The Morgan fingerprint density at radius 3 is 2.53 bits per heavy atom. The number of ketones is 2. The van der Waals surface area contributed by atoms with Gasteiger partial charge in [0.15, 0.2) is 11.6 Å². The van der Waals surface area contributed by atoms with Crippen LogP contribution in [0.25, 0.3) is 0 Å². The molecule has 1 aromatic carbocycles. The van der Waals surface area contributed by atoms with Gasteiger partial charge in [0.2, 0.25) is 11.8 Å². The van der Waals surface area contributed by atoms with Crippen molar-refractivity contribution in [2.75, 3.05) is 13.2 Å². The van der Waals surface area contributed by atoms with Crippen molar-refractivity contribution in [2.45, 2.75) is 63.8 Å². The van der Waals surface area contributed by atoms with Crippen molar-refractivity contribution in [1.82, 2.24) is 4.90 Å². The van der Waals surface area contributed by atoms with Crippen molar-refractivity contribution in [3.05, 3.63) is 64.3 Å². The van der Waals surface area contributed by atoms with Crippen LogP contribution in [0.4, 0.5) is 0 Å². The lowest BCUT2D eigenvalue weighted by Gasteiger charge is -2.42. The summed E-state index contributed by atoms with van der Waals surface area (Å²) in [6.45, 7) is 1.59. The van der Waals surface area contributed by atoms with Crippen LogP contribution in [0.1, 0.15) is 63.4 Å². The number of Topliss-reactive ketones (excluding diaryl/α,β-unsaturated/α-hetero) is 1. The molecule has 198 valence electrons. The molecule has 1 aromatic rings. The Hall–Kier alpha value is -3.32. The Kier molecular flexibility index (Phi) is 6.42. The van der Waals surface area contributed by atoms with E-state index < -0.39 is 17.8 Å². The molecule has 7 heteroatoms. The fraction of sp³-hybridized carbons (Fsp3) is 0.484. The van der Waals surface area contributed by atoms with E-state index in [1.807, 2.05) is 24.3 Å². The van der Waals surface area contributed by atoms with Crippen LogP contribution < -0.4 is 4.74 Å². The van der Waals surface area contributed by atoms with Crippen LogP contribution >= 0.6 is 0 Å². The van der Waals surface area contributed by atoms with Crippen molar-refractivity contribution in [3.63, 3.8) is 0 Å². The van der Waals surface area contributed by atoms with Crippen LogP contribution in [0.2, 0.25) is 0 Å². The fourth-order valence-electron chi connectivity index (χ4n) is 7.47. The van der Waals surface area contributed by atoms with Gasteiger partial charge in [-0.1, -0.05) is 49.1 Å². The summed E-state index contributed by atoms with van der Waals surface area (Å²) in [7, 11) is 0. The number of rotatable bonds is 5. The Morgan fingerprint density at radius 2 is 1.76 bits per heavy atom. The molecule has 1 N–H and O–H groups in total. The van der Waals surface area contributed by atoms with Crippen molar-refractivity contribution in [2.24, 2.45) is 17.8 Å². The molecule has 4 atom stereocenters. The average molecular weight is 516 g/mol. The third-order valence-electron chi connectivity index (χ3n) is 9.12. The van der Waals surface area contributed by atoms with Gasteiger partial charge in [-0.15, -0.1) is 0 Å². The summed E-state index contributed by atoms with van der Waals surface area (Å²) < 4.78 is 5.86. The molecule has 0 bridgehead atoms. The number of allylic oxidation sites excluding steroid dienone is 6. The Balaban J connectivity index is 1.46. The van der Waals surface area contributed by atoms with E-state index in [0.29, 0.717) is 28.9 Å². The summed E-state index contributed by atoms with van der Waals surface area (Å²) in [6, 6.07) is 7.34. The number of imide groups is 1. The molecule has 1 aliphatic heterocycles. The van der Waals surface area contributed by atoms with Gasteiger partial charge in [-0.2, -0.15) is 0 Å². The van der Waals surface area contributed by atoms with Gasteiger partial charge >= 0.3 is 0 Å². The van der Waals surface area contributed by atoms with Gasteiger partial charge in [-0.25, -0.2) is 0 Å². The number of benzene rings is 1. The van der Waals surface area contributed by atoms with Crippen molar-refractivity contribution in [1.29, 1.82) is 0 Å². The lowest BCUT2D eigenvalue weighted by atomic mass is 9.59. The minimum absolute atomic E-state index is 0.0392. The highest BCUT2D eigenvalue weighted by atomic mass is 16.5. The zero-order chi connectivity index (χ0) is 26.6. The van der Waals surface area contributed by atoms with E-state index in [1.165, 1.54) is 6.08 Å². The molecule has 7 nitrogen and oxygen atoms in total. The number of ether oxygens (including phenoxy) is 1. The van der Waals surface area contributed by atoms with Gasteiger partial charge in [0.1, 0.15) is 12.4 Å². The number of amides is 2. The lowest BCUT2D eigenvalue weighted by molar-refractivity contribution is -0.143. The number of hydrogen-bond donors (Lipinski definition) is 1. The number of hydrogen-bond acceptors (Lipinski definition) is 6. The van der Waals surface area contributed by atoms with E-state index in [0.717, 1.165) is 43.2 Å². The number of aliphatic hydroxyl groups is 1. The van der Waals surface area contributed by atoms with Gasteiger partial charge in [-0.3, -0.25) is 24.1 Å². The van der Waals surface area contributed by atoms with Crippen LogP contribution in [0, 0.1) is 17.8 Å². The minimum atomic E-state index is -0.549. The molecule has 0 spiro atoms. The maximum Gasteiger partial charge on any atom is 0.233 e. The van der Waals surface area contributed by atoms with Crippen LogP contribution in [0.5, 0.6) is 5.75 Å². The molecular weight excluding hydrogens is 482 g/mol. The highest BCUT2D eigenvalue weighted by molar-refractivity contribution is 6.23. The van der Waals surface area contributed by atoms with E-state index in [4.69, 9.17) is 4.74 Å². The molecule has 2 amide bonds. The fourth-order valence-corrected chi connectivity index (χ4v) is 7.47. The highest BCUT2D eigenvalue weighted by Gasteiger charge is 2.57. The summed E-state index contributed by atoms with van der Waals surface area (Å²) in [5.41, 5.74) is 2.96. The van der Waals surface area contributed by atoms with Gasteiger partial charge in [0.05, 0.1) is 18.4 Å². The van der Waals surface area contributed by atoms with E-state index in [9.17, 15) is 24.3 Å². The summed E-state index contributed by atoms with van der Waals surface area (Å²) in [6.07, 6.45) is 9.07. The Labute approximate surface area is 222 Å². The standard InChI is InChI=1S/C31H33NO6/c1-17-15-24(34)28-23(29(17)35)16-22-19(26(28)20-9-5-6-10-25(20)38-14-13-33)11-12-21-27(22)31(37)32(30(21)36)18-7-3-2-4-8-18/h5-6,9-11,15,18,21-22,26-27,33H,2-4,7-8,12-14,16H2,1H3/t21-,22+,26+,27-/m0/s1. The third kappa shape index (κ3) is 3.82. The first-order chi connectivity index (χ1) is 18.4. The molecule has 2 fully saturated rings. The van der Waals surface area contributed by atoms with E-state index in [-0.39, 0.29) is 55.0 Å². The molecule has 5 aliphatic rings. The van der Waals surface area contributed by atoms with Gasteiger partial charge in [0.25, 0.3) is 0 Å². The Morgan fingerprint density at radius 1 is 1.00 bits per heavy atom. The first-order valence-corrected chi connectivity index (χ1v) is 13.8. The molecule has 4 aliphatic carbocycles. The zero-order valence-electron chi connectivity index (χ0n) is 21.7. The molecule has 38 heavy (non-hydrogen) atoms. The topological polar surface area (TPSA) is 101 Å². The Bertz CT molecular complexity index is 1310. The number of para-hydroxylation sites is 1. The zero-order valence-corrected chi connectivity index (χ0v) is 21.7. The minimum Gasteiger partial charge on any atom is -0.491 e. The molecule has 1 saturated heterocycles. The molecular formula is C31H33NO6. The number of aliphatic hydroxyl groups excluding tert-OH is 1. The van der Waals surface area contributed by atoms with Crippen LogP contribution in [0.15, 0.2) is 58.7 Å². The van der Waals surface area contributed by atoms with Crippen molar-refractivity contribution in [3.8, 4) is 5.75 Å². The van der Waals surface area contributed by atoms with Crippen molar-refractivity contribution >= 4 is 23.4 Å². The molecule has 1 heterocycles. The molecule has 1 saturated carbocycles. The quantitative estimate of drug-likeness (QED) is 0.364. The van der Waals surface area contributed by atoms with Crippen LogP contribution in [-0.4, -0.2) is 52.6 Å². The maximum atomic E-state index is 14.0. The number of carbonyl (C=O) groups is 4. The lowest BCUT2D eigenvalue weighted by Crippen LogP contribution is -2.43. The van der Waals surface area contributed by atoms with Crippen molar-refractivity contribution < 1.29 is 29.0 Å². The monoisotopic (exact) mass is 515 g/mol. The first kappa shape index (κ1) is 25.0. The molecule has 6 rings (SSSR count). The van der Waals surface area contributed by atoms with Gasteiger partial charge in [-0.05, 0) is 50.7 Å². The summed E-state index contributed by atoms with van der Waals surface area (Å²) in [5, 5.41) is 9.37. The highest BCUT2D eigenvalue weighted by Crippen LogP contribution is 2.56. The average Bonchev–Trinajstić information content (AvgIpc) is 3.19. The second-order valence-corrected chi connectivity index (χ2v) is 11.2. The SMILES string of the molecule is CC1=CC(=O)C2=C(C[C@@H]3C(=CC[C@@H]4C(=O)N(C5CCCCC5)C(=O)[C@@H]43)[C@@H]2c2ccccc2OCCO)C1=O. The first-order valence-electron chi connectivity index (χ1n) is 13.8. The molecule has 0 radical (unpaired) electrons. The van der Waals surface area contributed by atoms with E-state index in [1.54, 1.807) is 17.9 Å². The maximum absolute atomic E-state index is 14.0. The number of nitrogens with zero attached hydrogens (tertiary/aromatic N) is 1. The summed E-state index contributed by atoms with van der Waals surface area (Å²) >= 11 is 0. The predicted octanol–water partition coefficient (Wildman–Crippen LogP) is 3.82. The molecule has 0 aromatic heterocycles. The molecule has 0 unspecified atom stereocenters. The van der Waals surface area contributed by atoms with Gasteiger partial charge < -0.3 is 9.84 Å². The summed E-state index contributed by atoms with van der Waals surface area (Å²) in [5.74, 6) is -1.86. The summed E-state index contributed by atoms with van der Waals surface area (Å²) in [4.78, 5) is 56.0. The normalized spacial score (nSPS) is 29.6. The second kappa shape index (κ2) is 9.77. The smallest absolute Gasteiger partial charge is 0.233 e. The number of carbonyl (C=O) groups excluding carboxylic acids is 4. The third-order valence-corrected chi connectivity index (χ3v) is 9.12. The number of likely N-dealkylation sites (tertiary alicyclic amines) is 1. The van der Waals surface area contributed by atoms with Crippen LogP contribution in [-0.2, 0) is 19.2 Å². The van der Waals surface area contributed by atoms with Gasteiger partial charge in [0, 0.05) is 34.2 Å². The second-order valence-electron chi connectivity index (χ2n) is 11.2. The van der Waals surface area contributed by atoms with E-state index in [2.05, 4.69) is 0 Å².